The largest absolute Gasteiger partial charge is 0.393 e. The zero-order valence-corrected chi connectivity index (χ0v) is 11.1. The van der Waals surface area contributed by atoms with Crippen LogP contribution in [0.4, 0.5) is 0 Å². The smallest absolute Gasteiger partial charge is 0.0576 e. The topological polar surface area (TPSA) is 20.2 Å². The molecular weight excluding hydrogens is 264 g/mol. The highest BCUT2D eigenvalue weighted by Gasteiger charge is 2.67. The zero-order chi connectivity index (χ0) is 11.4. The number of hydrogen-bond acceptors (Lipinski definition) is 1. The van der Waals surface area contributed by atoms with E-state index in [0.29, 0.717) is 5.41 Å². The first kappa shape index (κ1) is 10.8. The van der Waals surface area contributed by atoms with Crippen molar-refractivity contribution < 1.29 is 5.11 Å². The molecule has 0 aliphatic heterocycles. The van der Waals surface area contributed by atoms with Crippen LogP contribution in [-0.4, -0.2) is 11.2 Å². The van der Waals surface area contributed by atoms with Gasteiger partial charge in [-0.25, -0.2) is 0 Å². The summed E-state index contributed by atoms with van der Waals surface area (Å²) >= 11 is 3.48. The highest BCUT2D eigenvalue weighted by molar-refractivity contribution is 9.10. The second kappa shape index (κ2) is 3.33. The van der Waals surface area contributed by atoms with Crippen LogP contribution in [0.1, 0.15) is 38.2 Å². The van der Waals surface area contributed by atoms with Crippen molar-refractivity contribution in [3.8, 4) is 0 Å². The Morgan fingerprint density at radius 3 is 2.06 bits per heavy atom. The van der Waals surface area contributed by atoms with Crippen molar-refractivity contribution in [1.29, 1.82) is 0 Å². The van der Waals surface area contributed by atoms with Gasteiger partial charge in [0.05, 0.1) is 6.10 Å². The van der Waals surface area contributed by atoms with E-state index in [4.69, 9.17) is 0 Å². The van der Waals surface area contributed by atoms with E-state index in [1.165, 1.54) is 31.2 Å². The average Bonchev–Trinajstić information content (AvgIpc) is 3.12. The number of rotatable bonds is 3. The normalized spacial score (nSPS) is 26.2. The van der Waals surface area contributed by atoms with Gasteiger partial charge in [-0.3, -0.25) is 0 Å². The first-order valence-electron chi connectivity index (χ1n) is 6.05. The molecule has 1 unspecified atom stereocenters. The second-order valence-corrected chi connectivity index (χ2v) is 6.34. The molecule has 16 heavy (non-hydrogen) atoms. The number of hydrogen-bond donors (Lipinski definition) is 1. The molecule has 2 saturated carbocycles. The molecule has 0 amide bonds. The van der Waals surface area contributed by atoms with Crippen LogP contribution in [0, 0.1) is 5.41 Å². The van der Waals surface area contributed by atoms with Gasteiger partial charge in [-0.1, -0.05) is 28.1 Å². The average molecular weight is 281 g/mol. The lowest BCUT2D eigenvalue weighted by Gasteiger charge is -2.30. The van der Waals surface area contributed by atoms with Gasteiger partial charge in [0.2, 0.25) is 0 Å². The van der Waals surface area contributed by atoms with Crippen molar-refractivity contribution in [2.24, 2.45) is 5.41 Å². The molecule has 0 heterocycles. The molecule has 1 atom stereocenters. The van der Waals surface area contributed by atoms with E-state index in [1.54, 1.807) is 0 Å². The van der Waals surface area contributed by atoms with Crippen molar-refractivity contribution in [1.82, 2.24) is 0 Å². The molecule has 1 N–H and O–H groups in total. The molecule has 2 fully saturated rings. The molecule has 0 bridgehead atoms. The summed E-state index contributed by atoms with van der Waals surface area (Å²) in [5.41, 5.74) is 1.91. The van der Waals surface area contributed by atoms with Crippen molar-refractivity contribution in [2.75, 3.05) is 0 Å². The van der Waals surface area contributed by atoms with Gasteiger partial charge in [0, 0.05) is 15.3 Å². The van der Waals surface area contributed by atoms with Crippen molar-refractivity contribution in [2.45, 2.75) is 44.1 Å². The van der Waals surface area contributed by atoms with Crippen LogP contribution in [0.5, 0.6) is 0 Å². The number of aliphatic hydroxyl groups excluding tert-OH is 1. The Morgan fingerprint density at radius 1 is 1.12 bits per heavy atom. The monoisotopic (exact) mass is 280 g/mol. The fraction of sp³-hybridized carbons (Fsp3) is 0.571. The molecule has 1 nitrogen and oxygen atoms in total. The van der Waals surface area contributed by atoms with E-state index < -0.39 is 0 Å². The van der Waals surface area contributed by atoms with E-state index in [2.05, 4.69) is 40.2 Å². The SMILES string of the molecule is CC(O)C1(C2(c3ccc(Br)cc3)CC2)CC1. The molecule has 0 saturated heterocycles. The van der Waals surface area contributed by atoms with E-state index >= 15 is 0 Å². The fourth-order valence-corrected chi connectivity index (χ4v) is 3.66. The molecule has 2 aliphatic rings. The Hall–Kier alpha value is -0.340. The first-order valence-corrected chi connectivity index (χ1v) is 6.84. The number of halogens is 1. The van der Waals surface area contributed by atoms with E-state index in [9.17, 15) is 5.11 Å². The van der Waals surface area contributed by atoms with E-state index in [0.717, 1.165) is 4.47 Å². The summed E-state index contributed by atoms with van der Waals surface area (Å²) in [4.78, 5) is 0. The maximum absolute atomic E-state index is 10.0. The highest BCUT2D eigenvalue weighted by Crippen LogP contribution is 2.72. The summed E-state index contributed by atoms with van der Waals surface area (Å²) in [5.74, 6) is 0. The Morgan fingerprint density at radius 2 is 1.69 bits per heavy atom. The van der Waals surface area contributed by atoms with Crippen LogP contribution in [0.15, 0.2) is 28.7 Å². The third kappa shape index (κ3) is 1.32. The Balaban J connectivity index is 1.97. The summed E-state index contributed by atoms with van der Waals surface area (Å²) in [6, 6.07) is 8.68. The Labute approximate surface area is 105 Å². The third-order valence-corrected chi connectivity index (χ3v) is 5.22. The van der Waals surface area contributed by atoms with Gasteiger partial charge in [0.25, 0.3) is 0 Å². The fourth-order valence-electron chi connectivity index (χ4n) is 3.40. The molecule has 2 heteroatoms. The number of benzene rings is 1. The minimum atomic E-state index is -0.168. The molecule has 0 spiro atoms. The van der Waals surface area contributed by atoms with Crippen LogP contribution in [0.2, 0.25) is 0 Å². The molecule has 86 valence electrons. The third-order valence-electron chi connectivity index (χ3n) is 4.69. The van der Waals surface area contributed by atoms with Gasteiger partial charge in [-0.15, -0.1) is 0 Å². The highest BCUT2D eigenvalue weighted by atomic mass is 79.9. The van der Waals surface area contributed by atoms with Crippen molar-refractivity contribution >= 4 is 15.9 Å². The van der Waals surface area contributed by atoms with Gasteiger partial charge >= 0.3 is 0 Å². The van der Waals surface area contributed by atoms with Crippen molar-refractivity contribution in [3.05, 3.63) is 34.3 Å². The molecular formula is C14H17BrO. The minimum Gasteiger partial charge on any atom is -0.393 e. The predicted octanol–water partition coefficient (Wildman–Crippen LogP) is 3.64. The van der Waals surface area contributed by atoms with E-state index in [-0.39, 0.29) is 11.5 Å². The van der Waals surface area contributed by atoms with Gasteiger partial charge in [0.1, 0.15) is 0 Å². The Bertz CT molecular complexity index is 399. The predicted molar refractivity (Wildman–Crippen MR) is 68.4 cm³/mol. The van der Waals surface area contributed by atoms with Crippen LogP contribution in [0.3, 0.4) is 0 Å². The van der Waals surface area contributed by atoms with E-state index in [1.807, 2.05) is 6.92 Å². The standard InChI is InChI=1S/C14H17BrO/c1-10(16)13(6-7-13)14(8-9-14)11-2-4-12(15)5-3-11/h2-5,10,16H,6-9H2,1H3. The van der Waals surface area contributed by atoms with Gasteiger partial charge in [-0.2, -0.15) is 0 Å². The van der Waals surface area contributed by atoms with Crippen LogP contribution in [-0.2, 0) is 5.41 Å². The lowest BCUT2D eigenvalue weighted by molar-refractivity contribution is 0.0839. The Kier molecular flexibility index (Phi) is 2.25. The van der Waals surface area contributed by atoms with Crippen LogP contribution in [0.25, 0.3) is 0 Å². The molecule has 0 radical (unpaired) electrons. The minimum absolute atomic E-state index is 0.168. The molecule has 2 aliphatic carbocycles. The first-order chi connectivity index (χ1) is 7.61. The van der Waals surface area contributed by atoms with Gasteiger partial charge < -0.3 is 5.11 Å². The summed E-state index contributed by atoms with van der Waals surface area (Å²) in [6.45, 7) is 1.96. The van der Waals surface area contributed by atoms with Gasteiger partial charge in [-0.05, 0) is 50.3 Å². The summed E-state index contributed by atoms with van der Waals surface area (Å²) in [7, 11) is 0. The lowest BCUT2D eigenvalue weighted by atomic mass is 9.76. The van der Waals surface area contributed by atoms with Crippen molar-refractivity contribution in [3.63, 3.8) is 0 Å². The summed E-state index contributed by atoms with van der Waals surface area (Å²) in [6.07, 6.45) is 4.72. The second-order valence-electron chi connectivity index (χ2n) is 5.42. The molecule has 0 aromatic heterocycles. The molecule has 3 rings (SSSR count). The lowest BCUT2D eigenvalue weighted by Crippen LogP contribution is -2.32. The van der Waals surface area contributed by atoms with Crippen LogP contribution >= 0.6 is 15.9 Å². The maximum Gasteiger partial charge on any atom is 0.0576 e. The number of aliphatic hydroxyl groups is 1. The maximum atomic E-state index is 10.0. The van der Waals surface area contributed by atoms with Gasteiger partial charge in [0.15, 0.2) is 0 Å². The summed E-state index contributed by atoms with van der Waals surface area (Å²) < 4.78 is 1.13. The molecule has 1 aromatic rings. The zero-order valence-electron chi connectivity index (χ0n) is 9.54. The molecule has 1 aromatic carbocycles. The quantitative estimate of drug-likeness (QED) is 0.896. The van der Waals surface area contributed by atoms with Crippen LogP contribution < -0.4 is 0 Å². The summed E-state index contributed by atoms with van der Waals surface area (Å²) in [5, 5.41) is 10.0.